The summed E-state index contributed by atoms with van der Waals surface area (Å²) in [7, 11) is -3.31. The molecule has 0 bridgehead atoms. The van der Waals surface area contributed by atoms with Crippen LogP contribution >= 0.6 is 11.6 Å². The predicted molar refractivity (Wildman–Crippen MR) is 115 cm³/mol. The molecule has 1 N–H and O–H groups in total. The quantitative estimate of drug-likeness (QED) is 0.529. The van der Waals surface area contributed by atoms with Crippen molar-refractivity contribution in [1.29, 1.82) is 0 Å². The molecule has 1 atom stereocenters. The second-order valence-corrected chi connectivity index (χ2v) is 9.60. The van der Waals surface area contributed by atoms with Crippen LogP contribution in [-0.4, -0.2) is 25.9 Å². The standard InChI is InChI=1S/C21H20ClFN2O5S/c1-12-19(24-21(26)29-13(2)15-6-4-5-7-17(15)22)20(30-25-12)16-9-8-14(10-18(16)23)11-31(3,27)28/h4-10,13H,11H2,1-3H3,(H,24,26). The summed E-state index contributed by atoms with van der Waals surface area (Å²) in [5.74, 6) is -1.02. The van der Waals surface area contributed by atoms with Crippen molar-refractivity contribution in [2.75, 3.05) is 11.6 Å². The summed E-state index contributed by atoms with van der Waals surface area (Å²) in [5, 5.41) is 6.79. The lowest BCUT2D eigenvalue weighted by atomic mass is 10.1. The van der Waals surface area contributed by atoms with E-state index >= 15 is 0 Å². The van der Waals surface area contributed by atoms with Crippen LogP contribution in [0.5, 0.6) is 0 Å². The number of halogens is 2. The number of sulfone groups is 1. The third-order valence-corrected chi connectivity index (χ3v) is 5.63. The molecule has 10 heteroatoms. The highest BCUT2D eigenvalue weighted by Gasteiger charge is 2.23. The number of ether oxygens (including phenoxy) is 1. The van der Waals surface area contributed by atoms with Gasteiger partial charge in [0.1, 0.15) is 23.3 Å². The number of hydrogen-bond donors (Lipinski definition) is 1. The van der Waals surface area contributed by atoms with Crippen molar-refractivity contribution in [1.82, 2.24) is 5.16 Å². The maximum absolute atomic E-state index is 14.7. The van der Waals surface area contributed by atoms with Gasteiger partial charge in [-0.25, -0.2) is 17.6 Å². The molecule has 164 valence electrons. The number of hydrogen-bond acceptors (Lipinski definition) is 6. The summed E-state index contributed by atoms with van der Waals surface area (Å²) >= 11 is 6.13. The molecule has 3 rings (SSSR count). The van der Waals surface area contributed by atoms with Crippen LogP contribution in [0.2, 0.25) is 5.02 Å². The van der Waals surface area contributed by atoms with Crippen molar-refractivity contribution in [3.05, 3.63) is 70.1 Å². The zero-order valence-electron chi connectivity index (χ0n) is 17.0. The molecule has 0 aliphatic rings. The lowest BCUT2D eigenvalue weighted by molar-refractivity contribution is 0.121. The largest absolute Gasteiger partial charge is 0.441 e. The topological polar surface area (TPSA) is 98.5 Å². The van der Waals surface area contributed by atoms with Crippen LogP contribution in [0.4, 0.5) is 14.9 Å². The Bertz CT molecular complexity index is 1230. The van der Waals surface area contributed by atoms with Gasteiger partial charge in [0, 0.05) is 16.8 Å². The third-order valence-electron chi connectivity index (χ3n) is 4.42. The number of carbonyl (C=O) groups is 1. The van der Waals surface area contributed by atoms with Gasteiger partial charge in [0.15, 0.2) is 15.6 Å². The van der Waals surface area contributed by atoms with Gasteiger partial charge in [-0.1, -0.05) is 41.0 Å². The fourth-order valence-corrected chi connectivity index (χ4v) is 4.07. The van der Waals surface area contributed by atoms with Crippen LogP contribution in [0.3, 0.4) is 0 Å². The molecule has 0 fully saturated rings. The number of rotatable bonds is 6. The molecule has 1 aromatic heterocycles. The normalized spacial score (nSPS) is 12.4. The summed E-state index contributed by atoms with van der Waals surface area (Å²) in [4.78, 5) is 12.4. The fourth-order valence-electron chi connectivity index (χ4n) is 3.00. The van der Waals surface area contributed by atoms with Gasteiger partial charge in [0.25, 0.3) is 0 Å². The molecule has 0 radical (unpaired) electrons. The highest BCUT2D eigenvalue weighted by atomic mass is 35.5. The van der Waals surface area contributed by atoms with E-state index in [1.54, 1.807) is 38.1 Å². The highest BCUT2D eigenvalue weighted by Crippen LogP contribution is 2.34. The van der Waals surface area contributed by atoms with E-state index in [0.717, 1.165) is 12.3 Å². The van der Waals surface area contributed by atoms with Crippen molar-refractivity contribution in [2.45, 2.75) is 25.7 Å². The molecule has 0 aliphatic heterocycles. The second-order valence-electron chi connectivity index (χ2n) is 7.05. The van der Waals surface area contributed by atoms with Gasteiger partial charge in [-0.15, -0.1) is 0 Å². The minimum absolute atomic E-state index is 0.0109. The molecule has 0 spiro atoms. The zero-order valence-corrected chi connectivity index (χ0v) is 18.6. The highest BCUT2D eigenvalue weighted by molar-refractivity contribution is 7.89. The Labute approximate surface area is 184 Å². The number of amides is 1. The molecule has 3 aromatic rings. The van der Waals surface area contributed by atoms with Gasteiger partial charge in [-0.05, 0) is 37.6 Å². The van der Waals surface area contributed by atoms with Crippen molar-refractivity contribution in [3.63, 3.8) is 0 Å². The minimum Gasteiger partial charge on any atom is -0.441 e. The first-order valence-corrected chi connectivity index (χ1v) is 11.6. The van der Waals surface area contributed by atoms with Crippen LogP contribution in [-0.2, 0) is 20.3 Å². The van der Waals surface area contributed by atoms with Crippen LogP contribution in [0.25, 0.3) is 11.3 Å². The summed E-state index contributed by atoms with van der Waals surface area (Å²) in [5.41, 5.74) is 1.41. The Morgan fingerprint density at radius 3 is 2.65 bits per heavy atom. The average molecular weight is 467 g/mol. The maximum Gasteiger partial charge on any atom is 0.412 e. The Morgan fingerprint density at radius 2 is 2.00 bits per heavy atom. The zero-order chi connectivity index (χ0) is 22.8. The first-order chi connectivity index (χ1) is 14.5. The van der Waals surface area contributed by atoms with Gasteiger partial charge in [0.05, 0.1) is 11.3 Å². The van der Waals surface area contributed by atoms with Gasteiger partial charge in [0.2, 0.25) is 0 Å². The van der Waals surface area contributed by atoms with Gasteiger partial charge < -0.3 is 9.26 Å². The number of aromatic nitrogens is 1. The molecule has 7 nitrogen and oxygen atoms in total. The predicted octanol–water partition coefficient (Wildman–Crippen LogP) is 5.30. The number of carbonyl (C=O) groups excluding carboxylic acids is 1. The van der Waals surface area contributed by atoms with E-state index in [0.29, 0.717) is 21.8 Å². The number of benzene rings is 2. The van der Waals surface area contributed by atoms with E-state index in [1.807, 2.05) is 0 Å². The molecule has 0 saturated carbocycles. The van der Waals surface area contributed by atoms with Gasteiger partial charge in [-0.3, -0.25) is 5.32 Å². The Hall–Kier alpha value is -2.91. The van der Waals surface area contributed by atoms with E-state index < -0.39 is 27.9 Å². The van der Waals surface area contributed by atoms with Crippen LogP contribution in [0.1, 0.15) is 29.8 Å². The van der Waals surface area contributed by atoms with Gasteiger partial charge in [-0.2, -0.15) is 0 Å². The molecule has 1 amide bonds. The van der Waals surface area contributed by atoms with Crippen LogP contribution < -0.4 is 5.32 Å². The Morgan fingerprint density at radius 1 is 1.29 bits per heavy atom. The smallest absolute Gasteiger partial charge is 0.412 e. The Kier molecular flexibility index (Phi) is 6.66. The molecular formula is C21H20ClFN2O5S. The van der Waals surface area contributed by atoms with Gasteiger partial charge >= 0.3 is 6.09 Å². The lowest BCUT2D eigenvalue weighted by Crippen LogP contribution is -2.17. The van der Waals surface area contributed by atoms with Crippen molar-refractivity contribution in [2.24, 2.45) is 0 Å². The lowest BCUT2D eigenvalue weighted by Gasteiger charge is -2.15. The summed E-state index contributed by atoms with van der Waals surface area (Å²) in [6.07, 6.45) is -0.367. The number of nitrogens with one attached hydrogen (secondary N) is 1. The van der Waals surface area contributed by atoms with E-state index in [9.17, 15) is 17.6 Å². The molecule has 1 unspecified atom stereocenters. The molecule has 0 aliphatic carbocycles. The molecule has 0 saturated heterocycles. The molecule has 2 aromatic carbocycles. The van der Waals surface area contributed by atoms with E-state index in [1.165, 1.54) is 12.1 Å². The van der Waals surface area contributed by atoms with E-state index in [4.69, 9.17) is 20.9 Å². The molecule has 1 heterocycles. The second kappa shape index (κ2) is 9.07. The maximum atomic E-state index is 14.7. The van der Waals surface area contributed by atoms with Crippen LogP contribution in [0.15, 0.2) is 47.0 Å². The van der Waals surface area contributed by atoms with Crippen molar-refractivity contribution < 1.29 is 26.9 Å². The molecular weight excluding hydrogens is 447 g/mol. The van der Waals surface area contributed by atoms with Crippen molar-refractivity contribution in [3.8, 4) is 11.3 Å². The number of aryl methyl sites for hydroxylation is 1. The summed E-state index contributed by atoms with van der Waals surface area (Å²) in [6.45, 7) is 3.25. The van der Waals surface area contributed by atoms with E-state index in [2.05, 4.69) is 10.5 Å². The number of anilines is 1. The summed E-state index contributed by atoms with van der Waals surface area (Å²) in [6, 6.07) is 10.9. The van der Waals surface area contributed by atoms with E-state index in [-0.39, 0.29) is 22.8 Å². The SMILES string of the molecule is Cc1noc(-c2ccc(CS(C)(=O)=O)cc2F)c1NC(=O)OC(C)c1ccccc1Cl. The fraction of sp³-hybridized carbons (Fsp3) is 0.238. The average Bonchev–Trinajstić information content (AvgIpc) is 3.01. The molecule has 31 heavy (non-hydrogen) atoms. The number of nitrogens with zero attached hydrogens (tertiary/aromatic N) is 1. The first-order valence-electron chi connectivity index (χ1n) is 9.20. The van der Waals surface area contributed by atoms with Crippen LogP contribution in [0, 0.1) is 12.7 Å². The Balaban J connectivity index is 1.81. The monoisotopic (exact) mass is 466 g/mol. The third kappa shape index (κ3) is 5.62. The first kappa shape index (κ1) is 22.8. The van der Waals surface area contributed by atoms with Crippen molar-refractivity contribution >= 4 is 33.2 Å². The summed E-state index contributed by atoms with van der Waals surface area (Å²) < 4.78 is 48.1. The minimum atomic E-state index is -3.31.